The maximum atomic E-state index is 10.4. The topological polar surface area (TPSA) is 50.7 Å². The molecular weight excluding hydrogens is 230 g/mol. The standard InChI is InChI=1S/C14H23NO3/c1-14(16,12-7-5-4-6-8-12)11-15-9-13(18-3)10-17-2/h4-8,13,15-16H,9-11H2,1-3H3. The van der Waals surface area contributed by atoms with E-state index in [1.54, 1.807) is 21.1 Å². The van der Waals surface area contributed by atoms with Crippen molar-refractivity contribution in [1.82, 2.24) is 5.32 Å². The Morgan fingerprint density at radius 3 is 2.50 bits per heavy atom. The third kappa shape index (κ3) is 4.74. The van der Waals surface area contributed by atoms with Crippen LogP contribution in [-0.2, 0) is 15.1 Å². The van der Waals surface area contributed by atoms with Crippen molar-refractivity contribution in [3.8, 4) is 0 Å². The van der Waals surface area contributed by atoms with Crippen LogP contribution >= 0.6 is 0 Å². The van der Waals surface area contributed by atoms with Crippen LogP contribution in [0.15, 0.2) is 30.3 Å². The molecule has 0 aromatic heterocycles. The molecule has 18 heavy (non-hydrogen) atoms. The van der Waals surface area contributed by atoms with Gasteiger partial charge in [0.1, 0.15) is 0 Å². The van der Waals surface area contributed by atoms with Gasteiger partial charge in [-0.15, -0.1) is 0 Å². The molecule has 0 saturated heterocycles. The summed E-state index contributed by atoms with van der Waals surface area (Å²) < 4.78 is 10.3. The van der Waals surface area contributed by atoms with Gasteiger partial charge in [0.25, 0.3) is 0 Å². The Bertz CT molecular complexity index is 327. The molecule has 2 N–H and O–H groups in total. The van der Waals surface area contributed by atoms with Gasteiger partial charge in [-0.25, -0.2) is 0 Å². The van der Waals surface area contributed by atoms with Gasteiger partial charge in [-0.3, -0.25) is 0 Å². The number of hydrogen-bond acceptors (Lipinski definition) is 4. The molecular formula is C14H23NO3. The number of benzene rings is 1. The van der Waals surface area contributed by atoms with Crippen molar-refractivity contribution in [2.45, 2.75) is 18.6 Å². The van der Waals surface area contributed by atoms with E-state index in [0.29, 0.717) is 19.7 Å². The summed E-state index contributed by atoms with van der Waals surface area (Å²) in [5.74, 6) is 0. The molecule has 0 bridgehead atoms. The smallest absolute Gasteiger partial charge is 0.0992 e. The molecule has 0 aliphatic rings. The van der Waals surface area contributed by atoms with E-state index in [-0.39, 0.29) is 6.10 Å². The number of aliphatic hydroxyl groups is 1. The van der Waals surface area contributed by atoms with Crippen LogP contribution < -0.4 is 5.32 Å². The minimum Gasteiger partial charge on any atom is -0.384 e. The lowest BCUT2D eigenvalue weighted by molar-refractivity contribution is 0.0183. The molecule has 0 saturated carbocycles. The van der Waals surface area contributed by atoms with E-state index in [0.717, 1.165) is 5.56 Å². The van der Waals surface area contributed by atoms with Crippen molar-refractivity contribution >= 4 is 0 Å². The van der Waals surface area contributed by atoms with E-state index in [4.69, 9.17) is 9.47 Å². The zero-order valence-electron chi connectivity index (χ0n) is 11.3. The summed E-state index contributed by atoms with van der Waals surface area (Å²) in [5, 5.41) is 13.6. The Balaban J connectivity index is 2.42. The molecule has 1 aromatic carbocycles. The lowest BCUT2D eigenvalue weighted by atomic mass is 9.96. The lowest BCUT2D eigenvalue weighted by Crippen LogP contribution is -2.40. The van der Waals surface area contributed by atoms with Gasteiger partial charge in [-0.1, -0.05) is 30.3 Å². The number of ether oxygens (including phenoxy) is 2. The average Bonchev–Trinajstić information content (AvgIpc) is 2.38. The molecule has 0 amide bonds. The summed E-state index contributed by atoms with van der Waals surface area (Å²) in [6.45, 7) is 3.46. The van der Waals surface area contributed by atoms with Crippen LogP contribution in [0.4, 0.5) is 0 Å². The van der Waals surface area contributed by atoms with E-state index in [1.807, 2.05) is 30.3 Å². The van der Waals surface area contributed by atoms with E-state index < -0.39 is 5.60 Å². The SMILES string of the molecule is COCC(CNCC(C)(O)c1ccccc1)OC. The van der Waals surface area contributed by atoms with Crippen LogP contribution in [0.2, 0.25) is 0 Å². The molecule has 0 radical (unpaired) electrons. The van der Waals surface area contributed by atoms with Gasteiger partial charge in [-0.05, 0) is 12.5 Å². The maximum absolute atomic E-state index is 10.4. The lowest BCUT2D eigenvalue weighted by Gasteiger charge is -2.25. The van der Waals surface area contributed by atoms with Crippen molar-refractivity contribution in [1.29, 1.82) is 0 Å². The van der Waals surface area contributed by atoms with Crippen molar-refractivity contribution < 1.29 is 14.6 Å². The molecule has 1 rings (SSSR count). The van der Waals surface area contributed by atoms with Crippen molar-refractivity contribution in [2.24, 2.45) is 0 Å². The first-order chi connectivity index (χ1) is 8.60. The van der Waals surface area contributed by atoms with Crippen molar-refractivity contribution in [2.75, 3.05) is 33.9 Å². The molecule has 4 nitrogen and oxygen atoms in total. The quantitative estimate of drug-likeness (QED) is 0.729. The predicted molar refractivity (Wildman–Crippen MR) is 71.6 cm³/mol. The van der Waals surface area contributed by atoms with Gasteiger partial charge in [0.15, 0.2) is 0 Å². The van der Waals surface area contributed by atoms with Crippen LogP contribution in [0.5, 0.6) is 0 Å². The van der Waals surface area contributed by atoms with Gasteiger partial charge in [-0.2, -0.15) is 0 Å². The van der Waals surface area contributed by atoms with Crippen molar-refractivity contribution in [3.05, 3.63) is 35.9 Å². The van der Waals surface area contributed by atoms with Gasteiger partial charge in [0, 0.05) is 27.3 Å². The Morgan fingerprint density at radius 2 is 1.94 bits per heavy atom. The van der Waals surface area contributed by atoms with E-state index in [2.05, 4.69) is 5.32 Å². The highest BCUT2D eigenvalue weighted by Crippen LogP contribution is 2.18. The normalized spacial score (nSPS) is 16.2. The second-order valence-corrected chi connectivity index (χ2v) is 4.58. The van der Waals surface area contributed by atoms with Crippen LogP contribution in [-0.4, -0.2) is 45.1 Å². The van der Waals surface area contributed by atoms with E-state index >= 15 is 0 Å². The third-order valence-corrected chi connectivity index (χ3v) is 2.92. The fourth-order valence-corrected chi connectivity index (χ4v) is 1.77. The Hall–Kier alpha value is -0.940. The van der Waals surface area contributed by atoms with Gasteiger partial charge in [0.05, 0.1) is 18.3 Å². The first-order valence-corrected chi connectivity index (χ1v) is 6.10. The highest BCUT2D eigenvalue weighted by Gasteiger charge is 2.22. The van der Waals surface area contributed by atoms with E-state index in [1.165, 1.54) is 0 Å². The Labute approximate surface area is 109 Å². The van der Waals surface area contributed by atoms with E-state index in [9.17, 15) is 5.11 Å². The molecule has 2 unspecified atom stereocenters. The molecule has 2 atom stereocenters. The zero-order valence-corrected chi connectivity index (χ0v) is 11.3. The van der Waals surface area contributed by atoms with Crippen LogP contribution in [0, 0.1) is 0 Å². The number of methoxy groups -OCH3 is 2. The molecule has 102 valence electrons. The maximum Gasteiger partial charge on any atom is 0.0992 e. The Morgan fingerprint density at radius 1 is 1.28 bits per heavy atom. The van der Waals surface area contributed by atoms with Gasteiger partial charge < -0.3 is 19.9 Å². The third-order valence-electron chi connectivity index (χ3n) is 2.92. The summed E-state index contributed by atoms with van der Waals surface area (Å²) >= 11 is 0. The summed E-state index contributed by atoms with van der Waals surface area (Å²) in [7, 11) is 3.30. The highest BCUT2D eigenvalue weighted by atomic mass is 16.5. The van der Waals surface area contributed by atoms with Gasteiger partial charge >= 0.3 is 0 Å². The molecule has 0 spiro atoms. The fourth-order valence-electron chi connectivity index (χ4n) is 1.77. The largest absolute Gasteiger partial charge is 0.384 e. The van der Waals surface area contributed by atoms with Crippen LogP contribution in [0.3, 0.4) is 0 Å². The molecule has 0 aliphatic carbocycles. The average molecular weight is 253 g/mol. The minimum atomic E-state index is -0.882. The molecule has 0 aliphatic heterocycles. The summed E-state index contributed by atoms with van der Waals surface area (Å²) in [6, 6.07) is 9.63. The number of nitrogens with one attached hydrogen (secondary N) is 1. The second-order valence-electron chi connectivity index (χ2n) is 4.58. The summed E-state index contributed by atoms with van der Waals surface area (Å²) in [5.41, 5.74) is 0.0188. The number of hydrogen-bond donors (Lipinski definition) is 2. The predicted octanol–water partition coefficient (Wildman–Crippen LogP) is 1.15. The van der Waals surface area contributed by atoms with Crippen LogP contribution in [0.25, 0.3) is 0 Å². The summed E-state index contributed by atoms with van der Waals surface area (Å²) in [4.78, 5) is 0. The minimum absolute atomic E-state index is 0.00146. The van der Waals surface area contributed by atoms with Crippen molar-refractivity contribution in [3.63, 3.8) is 0 Å². The number of rotatable bonds is 8. The zero-order chi connectivity index (χ0) is 13.4. The monoisotopic (exact) mass is 253 g/mol. The Kier molecular flexibility index (Phi) is 6.29. The molecule has 4 heteroatoms. The molecule has 1 aromatic rings. The molecule has 0 heterocycles. The molecule has 0 fully saturated rings. The first kappa shape index (κ1) is 15.1. The fraction of sp³-hybridized carbons (Fsp3) is 0.571. The van der Waals surface area contributed by atoms with Gasteiger partial charge in [0.2, 0.25) is 0 Å². The first-order valence-electron chi connectivity index (χ1n) is 6.10. The second kappa shape index (κ2) is 7.48. The highest BCUT2D eigenvalue weighted by molar-refractivity contribution is 5.21. The summed E-state index contributed by atoms with van der Waals surface area (Å²) in [6.07, 6.45) is 0.00146. The van der Waals surface area contributed by atoms with Crippen LogP contribution in [0.1, 0.15) is 12.5 Å².